The molecule has 26 heavy (non-hydrogen) atoms. The van der Waals surface area contributed by atoms with Crippen LogP contribution >= 0.6 is 23.1 Å². The Hall–Kier alpha value is -2.49. The summed E-state index contributed by atoms with van der Waals surface area (Å²) in [6.45, 7) is 3.01. The van der Waals surface area contributed by atoms with Crippen LogP contribution in [0.15, 0.2) is 52.8 Å². The largest absolute Gasteiger partial charge is 0.309 e. The van der Waals surface area contributed by atoms with Gasteiger partial charge in [-0.1, -0.05) is 30.0 Å². The Balaban J connectivity index is 1.55. The number of likely N-dealkylation sites (N-methyl/N-ethyl adjacent to an activating group) is 1. The molecule has 9 heteroatoms. The number of carbonyl (C=O) groups is 1. The van der Waals surface area contributed by atoms with E-state index in [1.165, 1.54) is 11.3 Å². The summed E-state index contributed by atoms with van der Waals surface area (Å²) in [5.74, 6) is 0.596. The zero-order valence-corrected chi connectivity index (χ0v) is 15.6. The summed E-state index contributed by atoms with van der Waals surface area (Å²) < 4.78 is 2.98. The fourth-order valence-corrected chi connectivity index (χ4v) is 4.32. The molecule has 0 bridgehead atoms. The number of anilines is 1. The average molecular weight is 384 g/mol. The molecule has 3 heterocycles. The summed E-state index contributed by atoms with van der Waals surface area (Å²) in [5, 5.41) is 7.44. The number of nitrogens with zero attached hydrogens (tertiary/aromatic N) is 4. The SMILES string of the molecule is CCNCC(=O)Nc1nc2ccc(Sc3cnc4ncccn34)cc2s1. The summed E-state index contributed by atoms with van der Waals surface area (Å²) in [6, 6.07) is 7.95. The van der Waals surface area contributed by atoms with Gasteiger partial charge >= 0.3 is 0 Å². The number of nitrogens with one attached hydrogen (secondary N) is 2. The Labute approximate surface area is 157 Å². The zero-order valence-electron chi connectivity index (χ0n) is 14.0. The van der Waals surface area contributed by atoms with E-state index in [1.54, 1.807) is 18.0 Å². The maximum Gasteiger partial charge on any atom is 0.240 e. The first-order valence-corrected chi connectivity index (χ1v) is 9.73. The topological polar surface area (TPSA) is 84.2 Å². The van der Waals surface area contributed by atoms with Gasteiger partial charge in [0.25, 0.3) is 0 Å². The predicted octanol–water partition coefficient (Wildman–Crippen LogP) is 3.04. The molecule has 2 N–H and O–H groups in total. The third-order valence-corrected chi connectivity index (χ3v) is 5.55. The van der Waals surface area contributed by atoms with Crippen LogP contribution in [0.3, 0.4) is 0 Å². The zero-order chi connectivity index (χ0) is 17.9. The number of carbonyl (C=O) groups excluding carboxylic acids is 1. The molecule has 0 spiro atoms. The van der Waals surface area contributed by atoms with Crippen molar-refractivity contribution < 1.29 is 4.79 Å². The molecule has 0 aliphatic heterocycles. The van der Waals surface area contributed by atoms with Crippen LogP contribution in [0.5, 0.6) is 0 Å². The van der Waals surface area contributed by atoms with Crippen LogP contribution < -0.4 is 10.6 Å². The number of benzene rings is 1. The summed E-state index contributed by atoms with van der Waals surface area (Å²) in [4.78, 5) is 25.9. The highest BCUT2D eigenvalue weighted by molar-refractivity contribution is 7.99. The van der Waals surface area contributed by atoms with Crippen molar-refractivity contribution in [2.45, 2.75) is 16.8 Å². The van der Waals surface area contributed by atoms with Crippen molar-refractivity contribution >= 4 is 50.1 Å². The van der Waals surface area contributed by atoms with Gasteiger partial charge in [0.05, 0.1) is 23.0 Å². The molecule has 0 fully saturated rings. The van der Waals surface area contributed by atoms with Crippen molar-refractivity contribution in [3.63, 3.8) is 0 Å². The second-order valence-electron chi connectivity index (χ2n) is 5.47. The van der Waals surface area contributed by atoms with Gasteiger partial charge in [-0.25, -0.2) is 15.0 Å². The van der Waals surface area contributed by atoms with E-state index in [0.29, 0.717) is 10.9 Å². The number of hydrogen-bond acceptors (Lipinski definition) is 7. The second-order valence-corrected chi connectivity index (χ2v) is 7.59. The minimum absolute atomic E-state index is 0.0845. The van der Waals surface area contributed by atoms with Crippen LogP contribution in [0.1, 0.15) is 6.92 Å². The molecule has 132 valence electrons. The van der Waals surface area contributed by atoms with Gasteiger partial charge in [-0.15, -0.1) is 0 Å². The van der Waals surface area contributed by atoms with Gasteiger partial charge in [-0.2, -0.15) is 0 Å². The number of aromatic nitrogens is 4. The molecule has 0 unspecified atom stereocenters. The average Bonchev–Trinajstić information content (AvgIpc) is 3.23. The van der Waals surface area contributed by atoms with Gasteiger partial charge in [0.15, 0.2) is 5.13 Å². The molecule has 0 saturated heterocycles. The van der Waals surface area contributed by atoms with E-state index in [2.05, 4.69) is 31.7 Å². The molecule has 0 aliphatic rings. The highest BCUT2D eigenvalue weighted by Gasteiger charge is 2.10. The Bertz CT molecular complexity index is 1070. The molecule has 7 nitrogen and oxygen atoms in total. The smallest absolute Gasteiger partial charge is 0.240 e. The lowest BCUT2D eigenvalue weighted by molar-refractivity contribution is -0.115. The number of thiazole rings is 1. The monoisotopic (exact) mass is 384 g/mol. The van der Waals surface area contributed by atoms with E-state index < -0.39 is 0 Å². The third kappa shape index (κ3) is 3.55. The number of amides is 1. The van der Waals surface area contributed by atoms with Crippen molar-refractivity contribution in [3.8, 4) is 0 Å². The van der Waals surface area contributed by atoms with Gasteiger partial charge in [0, 0.05) is 17.3 Å². The molecule has 0 aliphatic carbocycles. The molecule has 4 rings (SSSR count). The van der Waals surface area contributed by atoms with Crippen LogP contribution in [-0.4, -0.2) is 38.3 Å². The number of imidazole rings is 1. The summed E-state index contributed by atoms with van der Waals surface area (Å²) >= 11 is 3.09. The molecule has 3 aromatic heterocycles. The van der Waals surface area contributed by atoms with E-state index >= 15 is 0 Å². The molecule has 0 saturated carbocycles. The molecular formula is C17H16N6OS2. The quantitative estimate of drug-likeness (QED) is 0.532. The highest BCUT2D eigenvalue weighted by Crippen LogP contribution is 2.33. The van der Waals surface area contributed by atoms with Gasteiger partial charge in [0.1, 0.15) is 5.03 Å². The van der Waals surface area contributed by atoms with Crippen molar-refractivity contribution in [1.82, 2.24) is 24.7 Å². The van der Waals surface area contributed by atoms with E-state index in [4.69, 9.17) is 0 Å². The Morgan fingerprint density at radius 3 is 3.15 bits per heavy atom. The van der Waals surface area contributed by atoms with Crippen molar-refractivity contribution in [2.24, 2.45) is 0 Å². The molecule has 1 amide bonds. The normalized spacial score (nSPS) is 11.3. The first kappa shape index (κ1) is 17.0. The van der Waals surface area contributed by atoms with Gasteiger partial charge in [-0.3, -0.25) is 9.20 Å². The van der Waals surface area contributed by atoms with E-state index in [-0.39, 0.29) is 12.5 Å². The number of fused-ring (bicyclic) bond motifs is 2. The molecule has 0 atom stereocenters. The van der Waals surface area contributed by atoms with Crippen LogP contribution in [0, 0.1) is 0 Å². The van der Waals surface area contributed by atoms with Crippen molar-refractivity contribution in [3.05, 3.63) is 42.9 Å². The summed E-state index contributed by atoms with van der Waals surface area (Å²) in [6.07, 6.45) is 5.49. The van der Waals surface area contributed by atoms with E-state index in [9.17, 15) is 4.79 Å². The minimum atomic E-state index is -0.0845. The predicted molar refractivity (Wildman–Crippen MR) is 104 cm³/mol. The Kier molecular flexibility index (Phi) is 4.83. The lowest BCUT2D eigenvalue weighted by Gasteiger charge is -2.01. The molecular weight excluding hydrogens is 368 g/mol. The summed E-state index contributed by atoms with van der Waals surface area (Å²) in [7, 11) is 0. The van der Waals surface area contributed by atoms with Gasteiger partial charge in [-0.05, 0) is 30.8 Å². The van der Waals surface area contributed by atoms with Crippen LogP contribution in [0.2, 0.25) is 0 Å². The van der Waals surface area contributed by atoms with Gasteiger partial charge in [0.2, 0.25) is 11.7 Å². The number of hydrogen-bond donors (Lipinski definition) is 2. The van der Waals surface area contributed by atoms with Crippen LogP contribution in [-0.2, 0) is 4.79 Å². The molecule has 1 aromatic carbocycles. The maximum absolute atomic E-state index is 11.8. The van der Waals surface area contributed by atoms with Crippen molar-refractivity contribution in [2.75, 3.05) is 18.4 Å². The van der Waals surface area contributed by atoms with Crippen LogP contribution in [0.4, 0.5) is 5.13 Å². The molecule has 4 aromatic rings. The fraction of sp³-hybridized carbons (Fsp3) is 0.176. The standard InChI is InChI=1S/C17H16N6OS2/c1-2-18-9-14(24)22-17-21-12-5-4-11(8-13(12)26-17)25-15-10-20-16-19-6-3-7-23(15)16/h3-8,10,18H,2,9H2,1H3,(H,21,22,24). The molecule has 0 radical (unpaired) electrons. The Morgan fingerprint density at radius 2 is 2.27 bits per heavy atom. The fourth-order valence-electron chi connectivity index (χ4n) is 2.43. The third-order valence-electron chi connectivity index (χ3n) is 3.62. The minimum Gasteiger partial charge on any atom is -0.309 e. The van der Waals surface area contributed by atoms with E-state index in [0.717, 1.165) is 26.7 Å². The van der Waals surface area contributed by atoms with Gasteiger partial charge < -0.3 is 10.6 Å². The van der Waals surface area contributed by atoms with E-state index in [1.807, 2.05) is 41.9 Å². The lowest BCUT2D eigenvalue weighted by atomic mass is 10.3. The first-order valence-electron chi connectivity index (χ1n) is 8.10. The van der Waals surface area contributed by atoms with Crippen LogP contribution in [0.25, 0.3) is 16.0 Å². The first-order chi connectivity index (χ1) is 12.7. The second kappa shape index (κ2) is 7.40. The maximum atomic E-state index is 11.8. The lowest BCUT2D eigenvalue weighted by Crippen LogP contribution is -2.27. The Morgan fingerprint density at radius 1 is 1.35 bits per heavy atom. The van der Waals surface area contributed by atoms with Crippen molar-refractivity contribution in [1.29, 1.82) is 0 Å². The summed E-state index contributed by atoms with van der Waals surface area (Å²) in [5.41, 5.74) is 0.873. The number of rotatable bonds is 6. The highest BCUT2D eigenvalue weighted by atomic mass is 32.2.